The van der Waals surface area contributed by atoms with Crippen molar-refractivity contribution in [1.82, 2.24) is 5.43 Å². The molecule has 0 aliphatic rings. The average molecular weight is 264 g/mol. The van der Waals surface area contributed by atoms with Gasteiger partial charge in [0, 0.05) is 12.1 Å². The standard InChI is InChI=1S/C10H12F4N4/c1-4(2)16-10(18-15)17-9-7(13)5(11)3-6(12)8(9)14/h3-4H,15H2,1-2H3,(H2,16,17,18). The number of halogens is 4. The van der Waals surface area contributed by atoms with Crippen molar-refractivity contribution in [2.75, 3.05) is 5.32 Å². The van der Waals surface area contributed by atoms with Crippen molar-refractivity contribution in [1.29, 1.82) is 0 Å². The number of nitrogens with two attached hydrogens (primary N) is 1. The number of guanidine groups is 1. The SMILES string of the molecule is CC(C)N=C(NN)Nc1c(F)c(F)cc(F)c1F. The fourth-order valence-electron chi connectivity index (χ4n) is 1.17. The van der Waals surface area contributed by atoms with E-state index in [-0.39, 0.29) is 18.1 Å². The highest BCUT2D eigenvalue weighted by molar-refractivity contribution is 5.93. The minimum atomic E-state index is -1.55. The quantitative estimate of drug-likeness (QED) is 0.191. The highest BCUT2D eigenvalue weighted by Gasteiger charge is 2.20. The molecule has 0 spiro atoms. The molecule has 0 heterocycles. The van der Waals surface area contributed by atoms with Crippen LogP contribution in [0.15, 0.2) is 11.1 Å². The van der Waals surface area contributed by atoms with E-state index in [9.17, 15) is 17.6 Å². The van der Waals surface area contributed by atoms with Crippen LogP contribution in [0.2, 0.25) is 0 Å². The van der Waals surface area contributed by atoms with Crippen LogP contribution in [0.5, 0.6) is 0 Å². The Labute approximate surface area is 101 Å². The summed E-state index contributed by atoms with van der Waals surface area (Å²) in [5.41, 5.74) is 1.04. The number of hydrogen-bond acceptors (Lipinski definition) is 2. The molecule has 0 atom stereocenters. The molecular formula is C10H12F4N4. The zero-order valence-electron chi connectivity index (χ0n) is 9.69. The van der Waals surface area contributed by atoms with Crippen LogP contribution in [0.3, 0.4) is 0 Å². The van der Waals surface area contributed by atoms with Crippen molar-refractivity contribution >= 4 is 11.6 Å². The second-order valence-electron chi connectivity index (χ2n) is 3.68. The molecule has 4 N–H and O–H groups in total. The van der Waals surface area contributed by atoms with Crippen LogP contribution in [-0.2, 0) is 0 Å². The second kappa shape index (κ2) is 5.67. The summed E-state index contributed by atoms with van der Waals surface area (Å²) in [6.45, 7) is 3.36. The van der Waals surface area contributed by atoms with Crippen LogP contribution in [0.4, 0.5) is 23.2 Å². The van der Waals surface area contributed by atoms with Gasteiger partial charge in [-0.05, 0) is 13.8 Å². The molecule has 0 saturated carbocycles. The largest absolute Gasteiger partial charge is 0.320 e. The number of aliphatic imine (C=N–C) groups is 1. The molecule has 100 valence electrons. The number of nitrogens with one attached hydrogen (secondary N) is 2. The van der Waals surface area contributed by atoms with E-state index in [1.54, 1.807) is 13.8 Å². The van der Waals surface area contributed by atoms with Crippen molar-refractivity contribution < 1.29 is 17.6 Å². The molecule has 0 aromatic heterocycles. The molecule has 0 radical (unpaired) electrons. The fraction of sp³-hybridized carbons (Fsp3) is 0.300. The van der Waals surface area contributed by atoms with E-state index in [4.69, 9.17) is 5.84 Å². The second-order valence-corrected chi connectivity index (χ2v) is 3.68. The van der Waals surface area contributed by atoms with Crippen LogP contribution >= 0.6 is 0 Å². The monoisotopic (exact) mass is 264 g/mol. The van der Waals surface area contributed by atoms with Gasteiger partial charge in [-0.25, -0.2) is 28.4 Å². The molecule has 0 fully saturated rings. The number of rotatable bonds is 2. The molecule has 1 aromatic carbocycles. The maximum Gasteiger partial charge on any atom is 0.210 e. The molecule has 1 rings (SSSR count). The van der Waals surface area contributed by atoms with Crippen LogP contribution in [-0.4, -0.2) is 12.0 Å². The molecule has 1 aromatic rings. The van der Waals surface area contributed by atoms with Crippen LogP contribution in [0.25, 0.3) is 0 Å². The number of benzene rings is 1. The Balaban J connectivity index is 3.18. The van der Waals surface area contributed by atoms with Gasteiger partial charge in [0.2, 0.25) is 5.96 Å². The van der Waals surface area contributed by atoms with Gasteiger partial charge in [-0.15, -0.1) is 0 Å². The van der Waals surface area contributed by atoms with E-state index in [0.29, 0.717) is 0 Å². The van der Waals surface area contributed by atoms with E-state index in [1.807, 2.05) is 5.43 Å². The highest BCUT2D eigenvalue weighted by atomic mass is 19.2. The van der Waals surface area contributed by atoms with E-state index in [0.717, 1.165) is 0 Å². The van der Waals surface area contributed by atoms with E-state index >= 15 is 0 Å². The third-order valence-corrected chi connectivity index (χ3v) is 1.88. The first kappa shape index (κ1) is 14.2. The van der Waals surface area contributed by atoms with Gasteiger partial charge in [0.1, 0.15) is 5.69 Å². The van der Waals surface area contributed by atoms with Gasteiger partial charge in [-0.1, -0.05) is 0 Å². The number of hydrogen-bond donors (Lipinski definition) is 3. The predicted octanol–water partition coefficient (Wildman–Crippen LogP) is 1.88. The molecule has 4 nitrogen and oxygen atoms in total. The Hall–Kier alpha value is -1.83. The predicted molar refractivity (Wildman–Crippen MR) is 59.8 cm³/mol. The van der Waals surface area contributed by atoms with Crippen LogP contribution in [0.1, 0.15) is 13.8 Å². The van der Waals surface area contributed by atoms with Gasteiger partial charge in [0.25, 0.3) is 0 Å². The topological polar surface area (TPSA) is 62.4 Å². The van der Waals surface area contributed by atoms with Crippen molar-refractivity contribution in [3.05, 3.63) is 29.3 Å². The summed E-state index contributed by atoms with van der Waals surface area (Å²) in [5.74, 6) is -1.29. The lowest BCUT2D eigenvalue weighted by Crippen LogP contribution is -2.37. The fourth-order valence-corrected chi connectivity index (χ4v) is 1.17. The smallest absolute Gasteiger partial charge is 0.210 e. The molecule has 8 heteroatoms. The van der Waals surface area contributed by atoms with E-state index < -0.39 is 29.0 Å². The summed E-state index contributed by atoms with van der Waals surface area (Å²) in [4.78, 5) is 3.82. The first-order valence-electron chi connectivity index (χ1n) is 5.01. The third kappa shape index (κ3) is 3.10. The van der Waals surface area contributed by atoms with Gasteiger partial charge in [-0.3, -0.25) is 5.43 Å². The zero-order valence-corrected chi connectivity index (χ0v) is 9.69. The maximum atomic E-state index is 13.3. The van der Waals surface area contributed by atoms with Gasteiger partial charge in [0.05, 0.1) is 0 Å². The van der Waals surface area contributed by atoms with Crippen molar-refractivity contribution in [2.24, 2.45) is 10.8 Å². The molecule has 0 unspecified atom stereocenters. The third-order valence-electron chi connectivity index (χ3n) is 1.88. The molecule has 18 heavy (non-hydrogen) atoms. The van der Waals surface area contributed by atoms with Crippen LogP contribution < -0.4 is 16.6 Å². The van der Waals surface area contributed by atoms with Crippen LogP contribution in [0, 0.1) is 23.3 Å². The Morgan fingerprint density at radius 2 is 1.67 bits per heavy atom. The molecule has 0 bridgehead atoms. The lowest BCUT2D eigenvalue weighted by molar-refractivity contribution is 0.459. The molecule has 0 aliphatic carbocycles. The number of anilines is 1. The summed E-state index contributed by atoms with van der Waals surface area (Å²) in [6.07, 6.45) is 0. The number of hydrazine groups is 1. The summed E-state index contributed by atoms with van der Waals surface area (Å²) in [7, 11) is 0. The van der Waals surface area contributed by atoms with Crippen molar-refractivity contribution in [3.63, 3.8) is 0 Å². The number of nitrogens with zero attached hydrogens (tertiary/aromatic N) is 1. The van der Waals surface area contributed by atoms with Gasteiger partial charge < -0.3 is 5.32 Å². The lowest BCUT2D eigenvalue weighted by atomic mass is 10.2. The van der Waals surface area contributed by atoms with E-state index in [2.05, 4.69) is 10.3 Å². The maximum absolute atomic E-state index is 13.3. The Morgan fingerprint density at radius 3 is 2.06 bits per heavy atom. The Morgan fingerprint density at radius 1 is 1.17 bits per heavy atom. The van der Waals surface area contributed by atoms with Crippen molar-refractivity contribution in [2.45, 2.75) is 19.9 Å². The molecule has 0 aliphatic heterocycles. The van der Waals surface area contributed by atoms with Gasteiger partial charge in [-0.2, -0.15) is 0 Å². The minimum Gasteiger partial charge on any atom is -0.320 e. The summed E-state index contributed by atoms with van der Waals surface area (Å²) in [5, 5.41) is 2.06. The first-order chi connectivity index (χ1) is 8.36. The molecular weight excluding hydrogens is 252 g/mol. The van der Waals surface area contributed by atoms with E-state index in [1.165, 1.54) is 0 Å². The van der Waals surface area contributed by atoms with Gasteiger partial charge in [0.15, 0.2) is 23.3 Å². The summed E-state index contributed by atoms with van der Waals surface area (Å²) < 4.78 is 52.5. The average Bonchev–Trinajstić information content (AvgIpc) is 2.30. The highest BCUT2D eigenvalue weighted by Crippen LogP contribution is 2.23. The van der Waals surface area contributed by atoms with Gasteiger partial charge >= 0.3 is 0 Å². The summed E-state index contributed by atoms with van der Waals surface area (Å²) in [6, 6.07) is -0.126. The zero-order chi connectivity index (χ0) is 13.9. The Kier molecular flexibility index (Phi) is 4.49. The molecule has 0 amide bonds. The van der Waals surface area contributed by atoms with Crippen molar-refractivity contribution in [3.8, 4) is 0 Å². The Bertz CT molecular complexity index is 447. The first-order valence-corrected chi connectivity index (χ1v) is 5.01. The normalized spacial score (nSPS) is 11.9. The minimum absolute atomic E-state index is 0.116. The summed E-state index contributed by atoms with van der Waals surface area (Å²) >= 11 is 0. The molecule has 0 saturated heterocycles. The lowest BCUT2D eigenvalue weighted by Gasteiger charge is -2.12.